The molecule has 1 amide bonds. The van der Waals surface area contributed by atoms with Crippen LogP contribution in [0.25, 0.3) is 5.57 Å². The van der Waals surface area contributed by atoms with Crippen LogP contribution in [0.3, 0.4) is 0 Å². The highest BCUT2D eigenvalue weighted by atomic mass is 19.4. The summed E-state index contributed by atoms with van der Waals surface area (Å²) < 4.78 is 37.5. The number of alkyl halides is 3. The Balaban J connectivity index is 0. The zero-order valence-electron chi connectivity index (χ0n) is 21.0. The first-order chi connectivity index (χ1) is 16.5. The van der Waals surface area contributed by atoms with Crippen LogP contribution in [0.15, 0.2) is 64.8 Å². The van der Waals surface area contributed by atoms with Gasteiger partial charge in [-0.3, -0.25) is 4.99 Å². The Morgan fingerprint density at radius 2 is 1.54 bits per heavy atom. The third-order valence-electron chi connectivity index (χ3n) is 4.09. The topological polar surface area (TPSA) is 120 Å². The van der Waals surface area contributed by atoms with Crippen molar-refractivity contribution in [3.8, 4) is 0 Å². The van der Waals surface area contributed by atoms with E-state index in [2.05, 4.69) is 33.6 Å². The Hall–Kier alpha value is -3.53. The van der Waals surface area contributed by atoms with Crippen molar-refractivity contribution in [1.82, 2.24) is 0 Å². The standard InChI is InChI=1S/C13H14F3N.C9H11NO.C2H6.CH4N2O2/c1-9-4-6-11(7-5-9)10(2)8-12(17-3)13(14,15)16;1-2-3-8-4-6-9(10-11)7-5-8;1-2;2-1(4)5-3/h4-8H,1-3H3;4-7H,2-3H2,1H3;1-2H3;3H2,(H2,2,4)/b10-8+,17-12?;;;. The lowest BCUT2D eigenvalue weighted by Gasteiger charge is -2.08. The van der Waals surface area contributed by atoms with Gasteiger partial charge in [-0.2, -0.15) is 19.1 Å². The summed E-state index contributed by atoms with van der Waals surface area (Å²) in [6.45, 7) is 9.70. The molecule has 194 valence electrons. The van der Waals surface area contributed by atoms with Crippen LogP contribution >= 0.6 is 0 Å². The van der Waals surface area contributed by atoms with Gasteiger partial charge in [-0.25, -0.2) is 4.79 Å². The minimum atomic E-state index is -4.40. The molecule has 0 aromatic heterocycles. The molecule has 0 bridgehead atoms. The molecule has 0 spiro atoms. The van der Waals surface area contributed by atoms with Crippen molar-refractivity contribution in [2.45, 2.75) is 53.6 Å². The number of rotatable bonds is 5. The van der Waals surface area contributed by atoms with Crippen LogP contribution in [0.5, 0.6) is 0 Å². The van der Waals surface area contributed by atoms with Crippen molar-refractivity contribution < 1.29 is 22.8 Å². The lowest BCUT2D eigenvalue weighted by Crippen LogP contribution is -2.20. The van der Waals surface area contributed by atoms with Crippen molar-refractivity contribution in [3.05, 3.63) is 76.2 Å². The number of carbonyl (C=O) groups excluding carboxylic acids is 1. The van der Waals surface area contributed by atoms with E-state index in [1.54, 1.807) is 31.2 Å². The van der Waals surface area contributed by atoms with Crippen LogP contribution < -0.4 is 11.6 Å². The van der Waals surface area contributed by atoms with Crippen molar-refractivity contribution in [2.24, 2.45) is 21.8 Å². The molecular weight excluding hydrogens is 461 g/mol. The number of benzene rings is 2. The fourth-order valence-corrected chi connectivity index (χ4v) is 2.39. The number of aliphatic imine (C=N–C) groups is 1. The molecule has 0 fully saturated rings. The number of primary amides is 1. The molecule has 0 atom stereocenters. The van der Waals surface area contributed by atoms with Gasteiger partial charge in [-0.15, -0.1) is 4.91 Å². The SMILES string of the molecule is CC.CCCc1ccc(N=O)cc1.CN=C(/C=C(\C)c1ccc(C)cc1)C(F)(F)F.NOC(N)=O. The summed E-state index contributed by atoms with van der Waals surface area (Å²) in [4.78, 5) is 25.9. The van der Waals surface area contributed by atoms with Crippen molar-refractivity contribution in [2.75, 3.05) is 7.05 Å². The molecular formula is C25H35F3N4O3. The quantitative estimate of drug-likeness (QED) is 0.262. The summed E-state index contributed by atoms with van der Waals surface area (Å²) in [5, 5.41) is 2.82. The highest BCUT2D eigenvalue weighted by Crippen LogP contribution is 2.22. The minimum absolute atomic E-state index is 0.504. The number of nitrogens with two attached hydrogens (primary N) is 2. The number of aryl methyl sites for hydroxylation is 2. The molecule has 2 rings (SSSR count). The average molecular weight is 497 g/mol. The molecule has 0 unspecified atom stereocenters. The maximum Gasteiger partial charge on any atom is 0.432 e. The van der Waals surface area contributed by atoms with Crippen LogP contribution in [0.2, 0.25) is 0 Å². The molecule has 0 aliphatic rings. The number of hydrogen-bond acceptors (Lipinski definition) is 6. The predicted octanol–water partition coefficient (Wildman–Crippen LogP) is 7.05. The maximum atomic E-state index is 12.5. The van der Waals surface area contributed by atoms with Crippen LogP contribution in [0.1, 0.15) is 50.8 Å². The molecule has 0 aliphatic heterocycles. The zero-order chi connectivity index (χ0) is 27.4. The fraction of sp³-hybridized carbons (Fsp3) is 0.360. The summed E-state index contributed by atoms with van der Waals surface area (Å²) in [5.74, 6) is 4.20. The number of nitrogens with zero attached hydrogens (tertiary/aromatic N) is 2. The first kappa shape index (κ1) is 33.6. The Labute approximate surface area is 205 Å². The van der Waals surface area contributed by atoms with Crippen LogP contribution in [0.4, 0.5) is 23.7 Å². The normalized spacial score (nSPS) is 10.9. The van der Waals surface area contributed by atoms with E-state index < -0.39 is 18.0 Å². The molecule has 0 radical (unpaired) electrons. The largest absolute Gasteiger partial charge is 0.432 e. The summed E-state index contributed by atoms with van der Waals surface area (Å²) in [6, 6.07) is 14.7. The second-order valence-electron chi connectivity index (χ2n) is 6.74. The third-order valence-corrected chi connectivity index (χ3v) is 4.09. The van der Waals surface area contributed by atoms with Gasteiger partial charge in [-0.05, 0) is 60.4 Å². The highest BCUT2D eigenvalue weighted by Gasteiger charge is 2.33. The average Bonchev–Trinajstić information content (AvgIpc) is 2.84. The Kier molecular flexibility index (Phi) is 18.1. The van der Waals surface area contributed by atoms with Gasteiger partial charge in [-0.1, -0.05) is 69.2 Å². The zero-order valence-corrected chi connectivity index (χ0v) is 21.0. The number of halogens is 3. The Morgan fingerprint density at radius 3 is 1.89 bits per heavy atom. The van der Waals surface area contributed by atoms with E-state index in [1.807, 2.05) is 45.0 Å². The van der Waals surface area contributed by atoms with E-state index in [0.29, 0.717) is 11.3 Å². The number of carbonyl (C=O) groups is 1. The summed E-state index contributed by atoms with van der Waals surface area (Å²) >= 11 is 0. The first-order valence-electron chi connectivity index (χ1n) is 10.9. The number of amides is 1. The van der Waals surface area contributed by atoms with Gasteiger partial charge in [0.15, 0.2) is 0 Å². The molecule has 10 heteroatoms. The molecule has 2 aromatic carbocycles. The molecule has 35 heavy (non-hydrogen) atoms. The molecule has 4 N–H and O–H groups in total. The highest BCUT2D eigenvalue weighted by molar-refractivity contribution is 6.04. The summed E-state index contributed by atoms with van der Waals surface area (Å²) in [5.41, 5.74) is 7.59. The van der Waals surface area contributed by atoms with Gasteiger partial charge in [0.2, 0.25) is 0 Å². The minimum Gasteiger partial charge on any atom is -0.357 e. The smallest absolute Gasteiger partial charge is 0.357 e. The van der Waals surface area contributed by atoms with Crippen LogP contribution in [-0.4, -0.2) is 25.0 Å². The van der Waals surface area contributed by atoms with Gasteiger partial charge >= 0.3 is 12.3 Å². The van der Waals surface area contributed by atoms with E-state index in [4.69, 9.17) is 0 Å². The molecule has 7 nitrogen and oxygen atoms in total. The van der Waals surface area contributed by atoms with Crippen molar-refractivity contribution in [3.63, 3.8) is 0 Å². The van der Waals surface area contributed by atoms with E-state index in [1.165, 1.54) is 5.56 Å². The van der Waals surface area contributed by atoms with Crippen molar-refractivity contribution in [1.29, 1.82) is 0 Å². The van der Waals surface area contributed by atoms with Gasteiger partial charge in [0.25, 0.3) is 0 Å². The molecule has 0 aliphatic carbocycles. The van der Waals surface area contributed by atoms with Gasteiger partial charge < -0.3 is 10.6 Å². The number of nitroso groups, excluding NO2 is 1. The predicted molar refractivity (Wildman–Crippen MR) is 136 cm³/mol. The third kappa shape index (κ3) is 15.9. The van der Waals surface area contributed by atoms with E-state index in [0.717, 1.165) is 37.1 Å². The van der Waals surface area contributed by atoms with Crippen LogP contribution in [-0.2, 0) is 11.3 Å². The van der Waals surface area contributed by atoms with E-state index in [9.17, 15) is 22.9 Å². The second-order valence-corrected chi connectivity index (χ2v) is 6.74. The lowest BCUT2D eigenvalue weighted by atomic mass is 10.0. The van der Waals surface area contributed by atoms with Crippen LogP contribution in [0, 0.1) is 11.8 Å². The van der Waals surface area contributed by atoms with Crippen molar-refractivity contribution >= 4 is 23.1 Å². The van der Waals surface area contributed by atoms with Gasteiger partial charge in [0, 0.05) is 7.05 Å². The van der Waals surface area contributed by atoms with Gasteiger partial charge in [0.1, 0.15) is 11.4 Å². The maximum absolute atomic E-state index is 12.5. The first-order valence-corrected chi connectivity index (χ1v) is 10.9. The fourth-order valence-electron chi connectivity index (χ4n) is 2.39. The van der Waals surface area contributed by atoms with E-state index in [-0.39, 0.29) is 0 Å². The lowest BCUT2D eigenvalue weighted by molar-refractivity contribution is -0.0577. The monoisotopic (exact) mass is 496 g/mol. The Bertz CT molecular complexity index is 924. The molecule has 0 saturated carbocycles. The second kappa shape index (κ2) is 18.8. The molecule has 0 saturated heterocycles. The number of hydrogen-bond donors (Lipinski definition) is 2. The summed E-state index contributed by atoms with van der Waals surface area (Å²) in [6.07, 6.45) is -2.11. The Morgan fingerprint density at radius 1 is 1.06 bits per heavy atom. The van der Waals surface area contributed by atoms with Gasteiger partial charge in [0.05, 0.1) is 0 Å². The molecule has 0 heterocycles. The number of allylic oxidation sites excluding steroid dienone is 2. The van der Waals surface area contributed by atoms with E-state index >= 15 is 0 Å². The summed E-state index contributed by atoms with van der Waals surface area (Å²) in [7, 11) is 1.14. The molecule has 2 aromatic rings.